The van der Waals surface area contributed by atoms with E-state index in [1.165, 1.54) is 5.56 Å². The second kappa shape index (κ2) is 8.35. The van der Waals surface area contributed by atoms with Crippen molar-refractivity contribution in [2.45, 2.75) is 25.3 Å². The lowest BCUT2D eigenvalue weighted by Gasteiger charge is -2.33. The summed E-state index contributed by atoms with van der Waals surface area (Å²) in [6.07, 6.45) is 7.84. The number of hydrogen-bond donors (Lipinski definition) is 1. The molecule has 0 saturated carbocycles. The van der Waals surface area contributed by atoms with Crippen molar-refractivity contribution in [3.05, 3.63) is 66.2 Å². The van der Waals surface area contributed by atoms with E-state index in [2.05, 4.69) is 25.9 Å². The topological polar surface area (TPSA) is 77.2 Å². The van der Waals surface area contributed by atoms with Crippen LogP contribution in [0, 0.1) is 0 Å². The third-order valence-electron chi connectivity index (χ3n) is 5.26. The van der Waals surface area contributed by atoms with Crippen molar-refractivity contribution in [2.24, 2.45) is 0 Å². The number of rotatable bonds is 5. The number of ether oxygens (including phenoxy) is 1. The number of anilines is 1. The molecule has 2 N–H and O–H groups in total. The lowest BCUT2D eigenvalue weighted by atomic mass is 9.89. The van der Waals surface area contributed by atoms with Gasteiger partial charge in [-0.05, 0) is 48.7 Å². The number of nitrogens with zero attached hydrogens (tertiary/aromatic N) is 4. The Kier molecular flexibility index (Phi) is 5.48. The fourth-order valence-corrected chi connectivity index (χ4v) is 3.89. The molecule has 1 atom stereocenters. The van der Waals surface area contributed by atoms with Gasteiger partial charge in [0.05, 0.1) is 12.8 Å². The average Bonchev–Trinajstić information content (AvgIpc) is 2.75. The molecular formula is C22H25N5O. The van der Waals surface area contributed by atoms with Crippen LogP contribution in [0.15, 0.2) is 55.0 Å². The highest BCUT2D eigenvalue weighted by Gasteiger charge is 2.25. The van der Waals surface area contributed by atoms with Crippen LogP contribution < -0.4 is 10.5 Å². The van der Waals surface area contributed by atoms with Crippen LogP contribution in [0.4, 0.5) is 5.95 Å². The van der Waals surface area contributed by atoms with E-state index >= 15 is 0 Å². The number of methoxy groups -OCH3 is 1. The Morgan fingerprint density at radius 1 is 1.18 bits per heavy atom. The maximum atomic E-state index is 5.95. The summed E-state index contributed by atoms with van der Waals surface area (Å²) in [5.74, 6) is 1.49. The zero-order valence-electron chi connectivity index (χ0n) is 16.1. The van der Waals surface area contributed by atoms with E-state index in [1.54, 1.807) is 7.11 Å². The first kappa shape index (κ1) is 18.4. The fourth-order valence-electron chi connectivity index (χ4n) is 3.89. The molecule has 0 amide bonds. The first-order valence-electron chi connectivity index (χ1n) is 9.61. The van der Waals surface area contributed by atoms with Gasteiger partial charge in [-0.15, -0.1) is 0 Å². The SMILES string of the molecule is COc1ccc(-c2cnc(N)nc2C2CCCN(Cc3cccnc3)C2)cc1. The van der Waals surface area contributed by atoms with Crippen LogP contribution in [0.25, 0.3) is 11.1 Å². The highest BCUT2D eigenvalue weighted by Crippen LogP contribution is 2.34. The van der Waals surface area contributed by atoms with Crippen molar-refractivity contribution in [3.63, 3.8) is 0 Å². The molecule has 1 fully saturated rings. The summed E-state index contributed by atoms with van der Waals surface area (Å²) < 4.78 is 5.28. The van der Waals surface area contributed by atoms with Gasteiger partial charge in [0.15, 0.2) is 0 Å². The molecule has 0 bridgehead atoms. The Morgan fingerprint density at radius 2 is 2.04 bits per heavy atom. The molecule has 1 aliphatic rings. The van der Waals surface area contributed by atoms with Crippen LogP contribution in [0.2, 0.25) is 0 Å². The standard InChI is InChI=1S/C22H25N5O/c1-28-19-8-6-17(7-9-19)20-13-25-22(23)26-21(20)18-5-3-11-27(15-18)14-16-4-2-10-24-12-16/h2,4,6-10,12-13,18H,3,5,11,14-15H2,1H3,(H2,23,25,26). The Labute approximate surface area is 165 Å². The summed E-state index contributed by atoms with van der Waals surface area (Å²) in [6.45, 7) is 2.95. The van der Waals surface area contributed by atoms with E-state index in [0.29, 0.717) is 11.9 Å². The van der Waals surface area contributed by atoms with Crippen LogP contribution in [-0.4, -0.2) is 40.1 Å². The summed E-state index contributed by atoms with van der Waals surface area (Å²) in [5.41, 5.74) is 10.4. The number of aromatic nitrogens is 3. The molecule has 0 spiro atoms. The van der Waals surface area contributed by atoms with Crippen molar-refractivity contribution in [2.75, 3.05) is 25.9 Å². The molecule has 1 saturated heterocycles. The summed E-state index contributed by atoms with van der Waals surface area (Å²) in [6, 6.07) is 12.1. The molecule has 4 rings (SSSR count). The molecule has 0 aliphatic carbocycles. The van der Waals surface area contributed by atoms with Crippen molar-refractivity contribution >= 4 is 5.95 Å². The number of benzene rings is 1. The highest BCUT2D eigenvalue weighted by atomic mass is 16.5. The number of nitrogen functional groups attached to an aromatic ring is 1. The van der Waals surface area contributed by atoms with Crippen LogP contribution >= 0.6 is 0 Å². The predicted molar refractivity (Wildman–Crippen MR) is 110 cm³/mol. The predicted octanol–water partition coefficient (Wildman–Crippen LogP) is 3.51. The molecule has 28 heavy (non-hydrogen) atoms. The molecule has 144 valence electrons. The summed E-state index contributed by atoms with van der Waals surface area (Å²) in [5, 5.41) is 0. The lowest BCUT2D eigenvalue weighted by Crippen LogP contribution is -2.34. The molecule has 3 heterocycles. The van der Waals surface area contributed by atoms with Crippen molar-refractivity contribution in [1.29, 1.82) is 0 Å². The Hall–Kier alpha value is -2.99. The molecule has 1 aliphatic heterocycles. The van der Waals surface area contributed by atoms with Crippen LogP contribution in [0.3, 0.4) is 0 Å². The number of pyridine rings is 1. The maximum absolute atomic E-state index is 5.95. The van der Waals surface area contributed by atoms with Gasteiger partial charge < -0.3 is 10.5 Å². The fraction of sp³-hybridized carbons (Fsp3) is 0.318. The van der Waals surface area contributed by atoms with E-state index in [-0.39, 0.29) is 0 Å². The van der Waals surface area contributed by atoms with Gasteiger partial charge >= 0.3 is 0 Å². The third-order valence-corrected chi connectivity index (χ3v) is 5.26. The number of hydrogen-bond acceptors (Lipinski definition) is 6. The van der Waals surface area contributed by atoms with Gasteiger partial charge in [-0.1, -0.05) is 18.2 Å². The lowest BCUT2D eigenvalue weighted by molar-refractivity contribution is 0.198. The van der Waals surface area contributed by atoms with E-state index in [4.69, 9.17) is 10.5 Å². The van der Waals surface area contributed by atoms with Gasteiger partial charge in [0.25, 0.3) is 0 Å². The first-order valence-corrected chi connectivity index (χ1v) is 9.61. The zero-order valence-corrected chi connectivity index (χ0v) is 16.1. The van der Waals surface area contributed by atoms with Gasteiger partial charge in [0.1, 0.15) is 5.75 Å². The average molecular weight is 375 g/mol. The minimum absolute atomic E-state index is 0.327. The summed E-state index contributed by atoms with van der Waals surface area (Å²) in [7, 11) is 1.67. The molecule has 2 aromatic heterocycles. The van der Waals surface area contributed by atoms with Crippen molar-refractivity contribution in [1.82, 2.24) is 19.9 Å². The van der Waals surface area contributed by atoms with E-state index in [9.17, 15) is 0 Å². The largest absolute Gasteiger partial charge is 0.497 e. The van der Waals surface area contributed by atoms with E-state index in [0.717, 1.165) is 55.0 Å². The molecule has 6 heteroatoms. The Bertz CT molecular complexity index is 914. The first-order chi connectivity index (χ1) is 13.7. The third kappa shape index (κ3) is 4.12. The zero-order chi connectivity index (χ0) is 19.3. The number of likely N-dealkylation sites (tertiary alicyclic amines) is 1. The smallest absolute Gasteiger partial charge is 0.220 e. The minimum atomic E-state index is 0.327. The second-order valence-electron chi connectivity index (χ2n) is 7.19. The van der Waals surface area contributed by atoms with Crippen LogP contribution in [0.1, 0.15) is 30.0 Å². The maximum Gasteiger partial charge on any atom is 0.220 e. The molecular weight excluding hydrogens is 350 g/mol. The summed E-state index contributed by atoms with van der Waals surface area (Å²) in [4.78, 5) is 15.6. The van der Waals surface area contributed by atoms with Gasteiger partial charge in [-0.25, -0.2) is 9.97 Å². The van der Waals surface area contributed by atoms with E-state index < -0.39 is 0 Å². The van der Waals surface area contributed by atoms with Gasteiger partial charge in [0.2, 0.25) is 5.95 Å². The molecule has 1 aromatic carbocycles. The number of nitrogens with two attached hydrogens (primary N) is 1. The van der Waals surface area contributed by atoms with Crippen LogP contribution in [0.5, 0.6) is 5.75 Å². The van der Waals surface area contributed by atoms with Gasteiger partial charge in [-0.2, -0.15) is 0 Å². The van der Waals surface area contributed by atoms with Gasteiger partial charge in [-0.3, -0.25) is 9.88 Å². The Balaban J connectivity index is 1.59. The quantitative estimate of drug-likeness (QED) is 0.735. The molecule has 1 unspecified atom stereocenters. The normalized spacial score (nSPS) is 17.4. The van der Waals surface area contributed by atoms with Crippen LogP contribution in [-0.2, 0) is 6.54 Å². The monoisotopic (exact) mass is 375 g/mol. The molecule has 6 nitrogen and oxygen atoms in total. The number of piperidine rings is 1. The minimum Gasteiger partial charge on any atom is -0.497 e. The molecule has 3 aromatic rings. The van der Waals surface area contributed by atoms with Gasteiger partial charge in [0, 0.05) is 43.2 Å². The van der Waals surface area contributed by atoms with Crippen molar-refractivity contribution < 1.29 is 4.74 Å². The summed E-state index contributed by atoms with van der Waals surface area (Å²) >= 11 is 0. The highest BCUT2D eigenvalue weighted by molar-refractivity contribution is 5.67. The second-order valence-corrected chi connectivity index (χ2v) is 7.19. The van der Waals surface area contributed by atoms with E-state index in [1.807, 2.05) is 48.9 Å². The van der Waals surface area contributed by atoms with Crippen molar-refractivity contribution in [3.8, 4) is 16.9 Å². The Morgan fingerprint density at radius 3 is 2.79 bits per heavy atom. The molecule has 0 radical (unpaired) electrons.